The molecule has 0 heterocycles. The van der Waals surface area contributed by atoms with Gasteiger partial charge < -0.3 is 0 Å². The van der Waals surface area contributed by atoms with E-state index in [4.69, 9.17) is 11.6 Å². The summed E-state index contributed by atoms with van der Waals surface area (Å²) in [5, 5.41) is 3.20. The maximum atomic E-state index is 6.57. The molecule has 0 saturated heterocycles. The first-order chi connectivity index (χ1) is 17.3. The monoisotopic (exact) mass is 466 g/mol. The summed E-state index contributed by atoms with van der Waals surface area (Å²) in [6.45, 7) is 0. The molecule has 0 N–H and O–H groups in total. The fourth-order valence-electron chi connectivity index (χ4n) is 4.79. The Hall–Kier alpha value is -4.13. The van der Waals surface area contributed by atoms with E-state index in [1.165, 1.54) is 49.7 Å². The first-order valence-electron chi connectivity index (χ1n) is 11.8. The van der Waals surface area contributed by atoms with Gasteiger partial charge in [0.1, 0.15) is 0 Å². The fourth-order valence-corrected chi connectivity index (χ4v) is 4.97. The standard InChI is InChI=1S/C34H23Cl/c35-30-18-20-31(29-16-15-25-11-7-8-14-27(25)21-29)34(23-30)32-19-17-28(24-9-3-1-4-10-24)22-33(32)26-12-5-2-6-13-26/h1-23H. The molecule has 35 heavy (non-hydrogen) atoms. The van der Waals surface area contributed by atoms with E-state index in [2.05, 4.69) is 133 Å². The summed E-state index contributed by atoms with van der Waals surface area (Å²) < 4.78 is 0. The highest BCUT2D eigenvalue weighted by atomic mass is 35.5. The molecule has 0 saturated carbocycles. The average Bonchev–Trinajstić information content (AvgIpc) is 2.93. The minimum Gasteiger partial charge on any atom is -0.0843 e. The Balaban J connectivity index is 1.59. The molecule has 0 aliphatic rings. The lowest BCUT2D eigenvalue weighted by molar-refractivity contribution is 1.55. The van der Waals surface area contributed by atoms with E-state index in [1.807, 2.05) is 6.07 Å². The average molecular weight is 467 g/mol. The summed E-state index contributed by atoms with van der Waals surface area (Å²) in [4.78, 5) is 0. The Morgan fingerprint density at radius 1 is 0.314 bits per heavy atom. The molecular weight excluding hydrogens is 444 g/mol. The van der Waals surface area contributed by atoms with Gasteiger partial charge in [-0.15, -0.1) is 0 Å². The zero-order valence-electron chi connectivity index (χ0n) is 19.2. The van der Waals surface area contributed by atoms with E-state index in [1.54, 1.807) is 0 Å². The third-order valence-electron chi connectivity index (χ3n) is 6.54. The Kier molecular flexibility index (Phi) is 5.66. The predicted octanol–water partition coefficient (Wildman–Crippen LogP) is 10.2. The Morgan fingerprint density at radius 2 is 0.943 bits per heavy atom. The predicted molar refractivity (Wildman–Crippen MR) is 151 cm³/mol. The first kappa shape index (κ1) is 21.4. The van der Waals surface area contributed by atoms with E-state index in [0.29, 0.717) is 0 Å². The molecule has 1 heteroatoms. The summed E-state index contributed by atoms with van der Waals surface area (Å²) >= 11 is 6.57. The molecule has 6 aromatic rings. The molecule has 0 nitrogen and oxygen atoms in total. The van der Waals surface area contributed by atoms with Gasteiger partial charge in [0.15, 0.2) is 0 Å². The van der Waals surface area contributed by atoms with Gasteiger partial charge in [0, 0.05) is 5.02 Å². The van der Waals surface area contributed by atoms with Gasteiger partial charge in [0.2, 0.25) is 0 Å². The van der Waals surface area contributed by atoms with Crippen LogP contribution in [-0.2, 0) is 0 Å². The molecule has 0 aliphatic carbocycles. The van der Waals surface area contributed by atoms with Crippen molar-refractivity contribution < 1.29 is 0 Å². The van der Waals surface area contributed by atoms with Gasteiger partial charge in [-0.25, -0.2) is 0 Å². The summed E-state index contributed by atoms with van der Waals surface area (Å²) in [7, 11) is 0. The quantitative estimate of drug-likeness (QED) is 0.242. The smallest absolute Gasteiger partial charge is 0.0412 e. The van der Waals surface area contributed by atoms with E-state index in [9.17, 15) is 0 Å². The van der Waals surface area contributed by atoms with Crippen LogP contribution in [0.4, 0.5) is 0 Å². The van der Waals surface area contributed by atoms with Gasteiger partial charge in [0.05, 0.1) is 0 Å². The van der Waals surface area contributed by atoms with Crippen molar-refractivity contribution in [1.29, 1.82) is 0 Å². The van der Waals surface area contributed by atoms with Crippen LogP contribution in [0.15, 0.2) is 140 Å². The van der Waals surface area contributed by atoms with E-state index in [-0.39, 0.29) is 0 Å². The van der Waals surface area contributed by atoms with Crippen LogP contribution in [-0.4, -0.2) is 0 Å². The van der Waals surface area contributed by atoms with Crippen LogP contribution in [0, 0.1) is 0 Å². The van der Waals surface area contributed by atoms with Crippen molar-refractivity contribution in [2.24, 2.45) is 0 Å². The van der Waals surface area contributed by atoms with Crippen molar-refractivity contribution in [3.8, 4) is 44.5 Å². The fraction of sp³-hybridized carbons (Fsp3) is 0. The van der Waals surface area contributed by atoms with Crippen molar-refractivity contribution in [3.05, 3.63) is 145 Å². The van der Waals surface area contributed by atoms with Crippen molar-refractivity contribution >= 4 is 22.4 Å². The van der Waals surface area contributed by atoms with Crippen LogP contribution in [0.25, 0.3) is 55.3 Å². The lowest BCUT2D eigenvalue weighted by atomic mass is 9.87. The summed E-state index contributed by atoms with van der Waals surface area (Å²) in [5.74, 6) is 0. The highest BCUT2D eigenvalue weighted by Gasteiger charge is 2.15. The van der Waals surface area contributed by atoms with Gasteiger partial charge >= 0.3 is 0 Å². The number of hydrogen-bond acceptors (Lipinski definition) is 0. The molecule has 0 aromatic heterocycles. The largest absolute Gasteiger partial charge is 0.0843 e. The summed E-state index contributed by atoms with van der Waals surface area (Å²) in [5.41, 5.74) is 9.43. The van der Waals surface area contributed by atoms with Crippen molar-refractivity contribution in [3.63, 3.8) is 0 Å². The first-order valence-corrected chi connectivity index (χ1v) is 12.2. The molecule has 6 rings (SSSR count). The molecule has 0 amide bonds. The van der Waals surface area contributed by atoms with Crippen molar-refractivity contribution in [1.82, 2.24) is 0 Å². The van der Waals surface area contributed by atoms with Crippen LogP contribution >= 0.6 is 11.6 Å². The maximum Gasteiger partial charge on any atom is 0.0412 e. The molecule has 166 valence electrons. The zero-order valence-corrected chi connectivity index (χ0v) is 19.9. The maximum absolute atomic E-state index is 6.57. The second kappa shape index (κ2) is 9.25. The zero-order chi connectivity index (χ0) is 23.6. The van der Waals surface area contributed by atoms with Crippen LogP contribution in [0.2, 0.25) is 5.02 Å². The van der Waals surface area contributed by atoms with Crippen LogP contribution in [0.5, 0.6) is 0 Å². The minimum atomic E-state index is 0.732. The third-order valence-corrected chi connectivity index (χ3v) is 6.78. The molecule has 6 aromatic carbocycles. The Bertz CT molecular complexity index is 1630. The normalized spacial score (nSPS) is 11.0. The minimum absolute atomic E-state index is 0.732. The van der Waals surface area contributed by atoms with E-state index in [0.717, 1.165) is 10.6 Å². The number of rotatable bonds is 4. The lowest BCUT2D eigenvalue weighted by Crippen LogP contribution is -1.91. The Labute approximate surface area is 211 Å². The highest BCUT2D eigenvalue weighted by molar-refractivity contribution is 6.31. The van der Waals surface area contributed by atoms with Gasteiger partial charge in [-0.2, -0.15) is 0 Å². The number of fused-ring (bicyclic) bond motifs is 1. The van der Waals surface area contributed by atoms with Crippen molar-refractivity contribution in [2.75, 3.05) is 0 Å². The molecule has 0 radical (unpaired) electrons. The van der Waals surface area contributed by atoms with Crippen LogP contribution < -0.4 is 0 Å². The lowest BCUT2D eigenvalue weighted by Gasteiger charge is -2.17. The second-order valence-corrected chi connectivity index (χ2v) is 9.18. The molecule has 0 bridgehead atoms. The molecule has 0 fully saturated rings. The van der Waals surface area contributed by atoms with Crippen molar-refractivity contribution in [2.45, 2.75) is 0 Å². The van der Waals surface area contributed by atoms with Gasteiger partial charge in [-0.3, -0.25) is 0 Å². The summed E-state index contributed by atoms with van der Waals surface area (Å²) in [6.07, 6.45) is 0. The molecular formula is C34H23Cl. The van der Waals surface area contributed by atoms with E-state index >= 15 is 0 Å². The SMILES string of the molecule is Clc1ccc(-c2ccc3ccccc3c2)c(-c2ccc(-c3ccccc3)cc2-c2ccccc2)c1. The molecule has 0 aliphatic heterocycles. The van der Waals surface area contributed by atoms with Crippen LogP contribution in [0.1, 0.15) is 0 Å². The molecule has 0 atom stereocenters. The van der Waals surface area contributed by atoms with Crippen LogP contribution in [0.3, 0.4) is 0 Å². The topological polar surface area (TPSA) is 0 Å². The highest BCUT2D eigenvalue weighted by Crippen LogP contribution is 2.41. The van der Waals surface area contributed by atoms with Gasteiger partial charge in [-0.1, -0.05) is 127 Å². The molecule has 0 unspecified atom stereocenters. The number of hydrogen-bond donors (Lipinski definition) is 0. The Morgan fingerprint density at radius 3 is 1.71 bits per heavy atom. The van der Waals surface area contributed by atoms with Gasteiger partial charge in [0.25, 0.3) is 0 Å². The van der Waals surface area contributed by atoms with E-state index < -0.39 is 0 Å². The number of benzene rings is 6. The summed E-state index contributed by atoms with van der Waals surface area (Å²) in [6, 6.07) is 49.2. The third kappa shape index (κ3) is 4.25. The molecule has 0 spiro atoms. The number of halogens is 1. The van der Waals surface area contributed by atoms with Gasteiger partial charge in [-0.05, 0) is 79.5 Å². The second-order valence-electron chi connectivity index (χ2n) is 8.74.